The third-order valence-corrected chi connectivity index (χ3v) is 3.52. The molecule has 2 nitrogen and oxygen atoms in total. The molecular weight excluding hydrogens is 293 g/mol. The van der Waals surface area contributed by atoms with Crippen LogP contribution in [-0.4, -0.2) is 6.54 Å². The molecule has 2 rings (SSSR count). The van der Waals surface area contributed by atoms with Crippen LogP contribution in [0.4, 0.5) is 0 Å². The highest BCUT2D eigenvalue weighted by atomic mass is 35.5. The normalized spacial score (nSPS) is 10.6. The summed E-state index contributed by atoms with van der Waals surface area (Å²) in [7, 11) is 0. The van der Waals surface area contributed by atoms with Crippen molar-refractivity contribution in [3.63, 3.8) is 0 Å². The fraction of sp³-hybridized carbons (Fsp3) is 0.250. The fourth-order valence-corrected chi connectivity index (χ4v) is 2.31. The highest BCUT2D eigenvalue weighted by molar-refractivity contribution is 6.35. The Morgan fingerprint density at radius 3 is 2.60 bits per heavy atom. The van der Waals surface area contributed by atoms with Crippen molar-refractivity contribution in [3.05, 3.63) is 63.6 Å². The summed E-state index contributed by atoms with van der Waals surface area (Å²) in [5, 5.41) is 4.56. The minimum atomic E-state index is 0.430. The van der Waals surface area contributed by atoms with Crippen LogP contribution in [0.1, 0.15) is 18.1 Å². The molecule has 0 aliphatic heterocycles. The van der Waals surface area contributed by atoms with Gasteiger partial charge in [-0.15, -0.1) is 0 Å². The van der Waals surface area contributed by atoms with Crippen LogP contribution in [0.2, 0.25) is 10.0 Å². The zero-order chi connectivity index (χ0) is 14.4. The molecule has 0 saturated heterocycles. The topological polar surface area (TPSA) is 21.3 Å². The van der Waals surface area contributed by atoms with Gasteiger partial charge in [0.2, 0.25) is 0 Å². The molecule has 0 heterocycles. The molecule has 0 aliphatic rings. The van der Waals surface area contributed by atoms with E-state index in [1.807, 2.05) is 30.3 Å². The van der Waals surface area contributed by atoms with Gasteiger partial charge in [0.15, 0.2) is 0 Å². The van der Waals surface area contributed by atoms with E-state index in [0.29, 0.717) is 16.7 Å². The summed E-state index contributed by atoms with van der Waals surface area (Å²) in [5.74, 6) is 0.875. The Morgan fingerprint density at radius 2 is 1.85 bits per heavy atom. The molecule has 0 aromatic heterocycles. The first-order valence-corrected chi connectivity index (χ1v) is 7.31. The van der Waals surface area contributed by atoms with Crippen molar-refractivity contribution in [2.24, 2.45) is 0 Å². The van der Waals surface area contributed by atoms with Crippen molar-refractivity contribution in [1.82, 2.24) is 5.32 Å². The van der Waals surface area contributed by atoms with Gasteiger partial charge in [-0.1, -0.05) is 54.4 Å². The van der Waals surface area contributed by atoms with Crippen LogP contribution in [0.5, 0.6) is 5.75 Å². The highest BCUT2D eigenvalue weighted by Crippen LogP contribution is 2.24. The fourth-order valence-electron chi connectivity index (χ4n) is 1.84. The first-order chi connectivity index (χ1) is 9.70. The zero-order valence-electron chi connectivity index (χ0n) is 11.3. The summed E-state index contributed by atoms with van der Waals surface area (Å²) in [6.07, 6.45) is 0. The maximum Gasteiger partial charge on any atom is 0.124 e. The van der Waals surface area contributed by atoms with Crippen LogP contribution in [0.25, 0.3) is 0 Å². The minimum absolute atomic E-state index is 0.430. The second kappa shape index (κ2) is 7.53. The lowest BCUT2D eigenvalue weighted by Gasteiger charge is -2.12. The molecule has 0 saturated carbocycles. The van der Waals surface area contributed by atoms with Crippen LogP contribution in [-0.2, 0) is 13.2 Å². The van der Waals surface area contributed by atoms with E-state index in [4.69, 9.17) is 27.9 Å². The number of hydrogen-bond donors (Lipinski definition) is 1. The van der Waals surface area contributed by atoms with Gasteiger partial charge in [-0.2, -0.15) is 0 Å². The zero-order valence-corrected chi connectivity index (χ0v) is 12.8. The van der Waals surface area contributed by atoms with E-state index in [0.717, 1.165) is 30.0 Å². The predicted octanol–water partition coefficient (Wildman–Crippen LogP) is 4.68. The lowest BCUT2D eigenvalue weighted by molar-refractivity contribution is 0.302. The maximum atomic E-state index is 6.14. The Balaban J connectivity index is 2.06. The van der Waals surface area contributed by atoms with E-state index in [1.54, 1.807) is 6.07 Å². The summed E-state index contributed by atoms with van der Waals surface area (Å²) in [6, 6.07) is 13.4. The Bertz CT molecular complexity index is 572. The summed E-state index contributed by atoms with van der Waals surface area (Å²) in [4.78, 5) is 0. The largest absolute Gasteiger partial charge is 0.489 e. The van der Waals surface area contributed by atoms with Gasteiger partial charge in [-0.05, 0) is 24.7 Å². The number of halogens is 2. The number of rotatable bonds is 6. The maximum absolute atomic E-state index is 6.14. The van der Waals surface area contributed by atoms with Crippen LogP contribution in [0, 0.1) is 0 Å². The molecule has 0 bridgehead atoms. The van der Waals surface area contributed by atoms with Crippen LogP contribution >= 0.6 is 23.2 Å². The molecule has 2 aromatic carbocycles. The first-order valence-electron chi connectivity index (χ1n) is 6.56. The van der Waals surface area contributed by atoms with Gasteiger partial charge < -0.3 is 10.1 Å². The van der Waals surface area contributed by atoms with Crippen molar-refractivity contribution in [3.8, 4) is 5.75 Å². The second-order valence-electron chi connectivity index (χ2n) is 4.41. The molecule has 4 heteroatoms. The molecule has 0 aliphatic carbocycles. The molecule has 1 N–H and O–H groups in total. The second-order valence-corrected chi connectivity index (χ2v) is 5.26. The molecule has 20 heavy (non-hydrogen) atoms. The van der Waals surface area contributed by atoms with Gasteiger partial charge in [0.1, 0.15) is 12.4 Å². The summed E-state index contributed by atoms with van der Waals surface area (Å²) in [6.45, 7) is 4.23. The van der Waals surface area contributed by atoms with Crippen molar-refractivity contribution in [2.45, 2.75) is 20.1 Å². The number of nitrogens with one attached hydrogen (secondary N) is 1. The van der Waals surface area contributed by atoms with Gasteiger partial charge in [0.25, 0.3) is 0 Å². The van der Waals surface area contributed by atoms with Crippen molar-refractivity contribution in [1.29, 1.82) is 0 Å². The van der Waals surface area contributed by atoms with Crippen LogP contribution in [0.3, 0.4) is 0 Å². The van der Waals surface area contributed by atoms with Crippen molar-refractivity contribution >= 4 is 23.2 Å². The van der Waals surface area contributed by atoms with Gasteiger partial charge in [0, 0.05) is 27.7 Å². The van der Waals surface area contributed by atoms with Crippen molar-refractivity contribution < 1.29 is 4.74 Å². The molecule has 0 amide bonds. The van der Waals surface area contributed by atoms with E-state index >= 15 is 0 Å². The summed E-state index contributed by atoms with van der Waals surface area (Å²) < 4.78 is 5.87. The van der Waals surface area contributed by atoms with Gasteiger partial charge in [-0.25, -0.2) is 0 Å². The first kappa shape index (κ1) is 15.2. The molecule has 2 aromatic rings. The smallest absolute Gasteiger partial charge is 0.124 e. The SMILES string of the molecule is CCNCc1ccccc1OCc1ccc(Cl)cc1Cl. The molecular formula is C16H17Cl2NO. The highest BCUT2D eigenvalue weighted by Gasteiger charge is 2.05. The summed E-state index contributed by atoms with van der Waals surface area (Å²) in [5.41, 5.74) is 2.06. The standard InChI is InChI=1S/C16H17Cl2NO/c1-2-19-10-12-5-3-4-6-16(12)20-11-13-7-8-14(17)9-15(13)18/h3-9,19H,2,10-11H2,1H3. The minimum Gasteiger partial charge on any atom is -0.489 e. The quantitative estimate of drug-likeness (QED) is 0.836. The molecule has 0 radical (unpaired) electrons. The Hall–Kier alpha value is -1.22. The lowest BCUT2D eigenvalue weighted by atomic mass is 10.2. The van der Waals surface area contributed by atoms with E-state index in [1.165, 1.54) is 0 Å². The molecule has 0 atom stereocenters. The third-order valence-electron chi connectivity index (χ3n) is 2.94. The third kappa shape index (κ3) is 4.14. The molecule has 0 unspecified atom stereocenters. The number of hydrogen-bond acceptors (Lipinski definition) is 2. The van der Waals surface area contributed by atoms with E-state index in [9.17, 15) is 0 Å². The molecule has 106 valence electrons. The monoisotopic (exact) mass is 309 g/mol. The van der Waals surface area contributed by atoms with Crippen LogP contribution < -0.4 is 10.1 Å². The lowest BCUT2D eigenvalue weighted by Crippen LogP contribution is -2.12. The average Bonchev–Trinajstić information content (AvgIpc) is 2.45. The average molecular weight is 310 g/mol. The number of benzene rings is 2. The van der Waals surface area contributed by atoms with Gasteiger partial charge in [0.05, 0.1) is 0 Å². The predicted molar refractivity (Wildman–Crippen MR) is 84.6 cm³/mol. The number of para-hydroxylation sites is 1. The molecule has 0 fully saturated rings. The van der Waals surface area contributed by atoms with E-state index < -0.39 is 0 Å². The Kier molecular flexibility index (Phi) is 5.72. The summed E-state index contributed by atoms with van der Waals surface area (Å²) >= 11 is 12.0. The number of ether oxygens (including phenoxy) is 1. The molecule has 0 spiro atoms. The van der Waals surface area contributed by atoms with E-state index in [-0.39, 0.29) is 0 Å². The Morgan fingerprint density at radius 1 is 1.05 bits per heavy atom. The van der Waals surface area contributed by atoms with Gasteiger partial charge >= 0.3 is 0 Å². The van der Waals surface area contributed by atoms with Crippen LogP contribution in [0.15, 0.2) is 42.5 Å². The Labute approximate surface area is 129 Å². The van der Waals surface area contributed by atoms with Gasteiger partial charge in [-0.3, -0.25) is 0 Å². The van der Waals surface area contributed by atoms with Crippen molar-refractivity contribution in [2.75, 3.05) is 6.54 Å². The van der Waals surface area contributed by atoms with E-state index in [2.05, 4.69) is 18.3 Å².